The Bertz CT molecular complexity index is 429. The summed E-state index contributed by atoms with van der Waals surface area (Å²) in [5, 5.41) is 2.57. The molecule has 0 saturated carbocycles. The van der Waals surface area contributed by atoms with Gasteiger partial charge in [-0.15, -0.1) is 0 Å². The van der Waals surface area contributed by atoms with E-state index in [-0.39, 0.29) is 16.7 Å². The molecule has 0 spiro atoms. The van der Waals surface area contributed by atoms with Gasteiger partial charge in [-0.05, 0) is 6.07 Å². The summed E-state index contributed by atoms with van der Waals surface area (Å²) in [6, 6.07) is 6.68. The Hall–Kier alpha value is -2.01. The summed E-state index contributed by atoms with van der Waals surface area (Å²) in [5.41, 5.74) is 0.910. The number of imide groups is 1. The van der Waals surface area contributed by atoms with Crippen molar-refractivity contribution in [2.24, 2.45) is 0 Å². The average Bonchev–Trinajstić information content (AvgIpc) is 2.20. The Kier molecular flexibility index (Phi) is 3.90. The molecule has 84 valence electrons. The second-order valence-corrected chi connectivity index (χ2v) is 3.31. The molecule has 0 aliphatic carbocycles. The molecule has 0 radical (unpaired) electrons. The number of amides is 3. The summed E-state index contributed by atoms with van der Waals surface area (Å²) >= 11 is 0. The highest BCUT2D eigenvalue weighted by Crippen LogP contribution is 2.16. The summed E-state index contributed by atoms with van der Waals surface area (Å²) in [7, 11) is 0. The molecule has 0 fully saturated rings. The van der Waals surface area contributed by atoms with Gasteiger partial charge >= 0.3 is 12.3 Å². The number of para-hydroxylation sites is 2. The van der Waals surface area contributed by atoms with Crippen LogP contribution in [0.2, 0.25) is 0 Å². The van der Waals surface area contributed by atoms with E-state index >= 15 is 0 Å². The molecule has 1 atom stereocenters. The minimum Gasteiger partial charge on any atom is -0.321 e. The number of anilines is 1. The minimum absolute atomic E-state index is 0.0596. The summed E-state index contributed by atoms with van der Waals surface area (Å²) in [6.07, 6.45) is 0.503. The first-order chi connectivity index (χ1) is 7.56. The molecule has 0 bridgehead atoms. The van der Waals surface area contributed by atoms with Gasteiger partial charge in [0.1, 0.15) is 5.69 Å². The number of quaternary nitrogens is 1. The molecule has 2 N–H and O–H groups in total. The lowest BCUT2D eigenvalue weighted by Gasteiger charge is -2.11. The first-order valence-electron chi connectivity index (χ1n) is 4.76. The van der Waals surface area contributed by atoms with Crippen LogP contribution in [-0.4, -0.2) is 18.2 Å². The van der Waals surface area contributed by atoms with Crippen LogP contribution in [0.3, 0.4) is 0 Å². The fraction of sp³-hybridized carbons (Fsp3) is 0.182. The smallest absolute Gasteiger partial charge is 0.321 e. The van der Waals surface area contributed by atoms with Crippen LogP contribution in [-0.2, 0) is 14.4 Å². The molecular formula is C11H13N2O3+. The van der Waals surface area contributed by atoms with Gasteiger partial charge in [-0.3, -0.25) is 4.79 Å². The lowest BCUT2D eigenvalue weighted by molar-refractivity contribution is -0.650. The zero-order valence-corrected chi connectivity index (χ0v) is 9.11. The maximum atomic E-state index is 11.2. The van der Waals surface area contributed by atoms with Crippen molar-refractivity contribution in [1.82, 2.24) is 0 Å². The van der Waals surface area contributed by atoms with Gasteiger partial charge in [-0.25, -0.2) is 9.59 Å². The van der Waals surface area contributed by atoms with Gasteiger partial charge in [-0.1, -0.05) is 12.1 Å². The van der Waals surface area contributed by atoms with E-state index in [0.29, 0.717) is 17.8 Å². The van der Waals surface area contributed by atoms with Gasteiger partial charge in [-0.2, -0.15) is 4.90 Å². The third-order valence-electron chi connectivity index (χ3n) is 2.03. The van der Waals surface area contributed by atoms with Crippen LogP contribution in [0.15, 0.2) is 24.3 Å². The predicted octanol–water partition coefficient (Wildman–Crippen LogP) is -0.136. The van der Waals surface area contributed by atoms with Crippen LogP contribution < -0.4 is 10.2 Å². The average molecular weight is 221 g/mol. The van der Waals surface area contributed by atoms with Gasteiger partial charge in [0.25, 0.3) is 0 Å². The third-order valence-corrected chi connectivity index (χ3v) is 2.03. The Balaban J connectivity index is 3.15. The van der Waals surface area contributed by atoms with Crippen LogP contribution in [0.1, 0.15) is 13.8 Å². The number of hydrogen-bond donors (Lipinski definition) is 2. The number of carbonyl (C=O) groups excluding carboxylic acids is 3. The van der Waals surface area contributed by atoms with Gasteiger partial charge in [0.15, 0.2) is 5.69 Å². The number of nitrogens with one attached hydrogen (secondary N) is 2. The van der Waals surface area contributed by atoms with Crippen molar-refractivity contribution < 1.29 is 19.3 Å². The van der Waals surface area contributed by atoms with Crippen LogP contribution >= 0.6 is 0 Å². The maximum Gasteiger partial charge on any atom is 0.321 e. The monoisotopic (exact) mass is 221 g/mol. The highest BCUT2D eigenvalue weighted by molar-refractivity contribution is 5.92. The molecule has 0 aromatic heterocycles. The van der Waals surface area contributed by atoms with Crippen LogP contribution in [0.5, 0.6) is 0 Å². The largest absolute Gasteiger partial charge is 0.321 e. The normalized spacial score (nSPS) is 11.6. The van der Waals surface area contributed by atoms with E-state index in [0.717, 1.165) is 0 Å². The summed E-state index contributed by atoms with van der Waals surface area (Å²) in [4.78, 5) is 33.1. The lowest BCUT2D eigenvalue weighted by atomic mass is 10.2. The molecule has 1 aromatic carbocycles. The second-order valence-electron chi connectivity index (χ2n) is 3.31. The first kappa shape index (κ1) is 12.1. The van der Waals surface area contributed by atoms with E-state index in [2.05, 4.69) is 5.32 Å². The van der Waals surface area contributed by atoms with E-state index in [1.165, 1.54) is 13.8 Å². The van der Waals surface area contributed by atoms with E-state index < -0.39 is 0 Å². The highest BCUT2D eigenvalue weighted by Gasteiger charge is 2.20. The topological polar surface area (TPSA) is 67.7 Å². The van der Waals surface area contributed by atoms with Gasteiger partial charge < -0.3 is 5.32 Å². The third kappa shape index (κ3) is 2.74. The summed E-state index contributed by atoms with van der Waals surface area (Å²) in [5.74, 6) is -0.575. The molecule has 5 heteroatoms. The number of rotatable bonds is 3. The predicted molar refractivity (Wildman–Crippen MR) is 58.1 cm³/mol. The standard InChI is InChI=1S/C11H12N2O3/c1-8(15)12-10-5-3-4-6-11(10)13(7-14)9(2)16/h3-7H,1-2H3,(H,12,15)/p+1. The van der Waals surface area contributed by atoms with Crippen molar-refractivity contribution in [2.75, 3.05) is 5.32 Å². The van der Waals surface area contributed by atoms with Crippen molar-refractivity contribution in [2.45, 2.75) is 13.8 Å². The zero-order chi connectivity index (χ0) is 12.1. The molecule has 3 amide bonds. The zero-order valence-electron chi connectivity index (χ0n) is 9.11. The fourth-order valence-corrected chi connectivity index (χ4v) is 1.35. The van der Waals surface area contributed by atoms with Crippen molar-refractivity contribution in [3.05, 3.63) is 24.3 Å². The second kappa shape index (κ2) is 5.18. The van der Waals surface area contributed by atoms with E-state index in [4.69, 9.17) is 0 Å². The lowest BCUT2D eigenvalue weighted by Crippen LogP contribution is -3.08. The van der Waals surface area contributed by atoms with E-state index in [1.807, 2.05) is 0 Å². The fourth-order valence-electron chi connectivity index (χ4n) is 1.35. The van der Waals surface area contributed by atoms with Gasteiger partial charge in [0, 0.05) is 13.0 Å². The Morgan fingerprint density at radius 3 is 2.38 bits per heavy atom. The number of carbonyl (C=O) groups is 3. The van der Waals surface area contributed by atoms with Gasteiger partial charge in [0.2, 0.25) is 5.91 Å². The van der Waals surface area contributed by atoms with E-state index in [9.17, 15) is 14.4 Å². The molecule has 16 heavy (non-hydrogen) atoms. The van der Waals surface area contributed by atoms with Crippen molar-refractivity contribution >= 4 is 29.6 Å². The SMILES string of the molecule is CC(=O)Nc1ccccc1[NH+](C=O)C(C)=O. The summed E-state index contributed by atoms with van der Waals surface area (Å²) < 4.78 is 0. The molecule has 0 heterocycles. The highest BCUT2D eigenvalue weighted by atomic mass is 16.2. The van der Waals surface area contributed by atoms with Crippen molar-refractivity contribution in [1.29, 1.82) is 0 Å². The molecule has 1 rings (SSSR count). The summed E-state index contributed by atoms with van der Waals surface area (Å²) in [6.45, 7) is 2.68. The van der Waals surface area contributed by atoms with E-state index in [1.54, 1.807) is 24.3 Å². The minimum atomic E-state index is -0.326. The molecular weight excluding hydrogens is 208 g/mol. The molecule has 5 nitrogen and oxygen atoms in total. The molecule has 1 aromatic rings. The molecule has 0 aliphatic rings. The van der Waals surface area contributed by atoms with Crippen molar-refractivity contribution in [3.8, 4) is 0 Å². The van der Waals surface area contributed by atoms with Crippen LogP contribution in [0, 0.1) is 0 Å². The Labute approximate surface area is 93.1 Å². The Morgan fingerprint density at radius 1 is 1.25 bits per heavy atom. The first-order valence-corrected chi connectivity index (χ1v) is 4.76. The van der Waals surface area contributed by atoms with Gasteiger partial charge in [0.05, 0.1) is 6.92 Å². The van der Waals surface area contributed by atoms with Crippen molar-refractivity contribution in [3.63, 3.8) is 0 Å². The molecule has 0 aliphatic heterocycles. The number of benzene rings is 1. The Morgan fingerprint density at radius 2 is 1.88 bits per heavy atom. The molecule has 0 saturated heterocycles. The maximum absolute atomic E-state index is 11.2. The molecule has 1 unspecified atom stereocenters. The van der Waals surface area contributed by atoms with Crippen LogP contribution in [0.25, 0.3) is 0 Å². The quantitative estimate of drug-likeness (QED) is 0.698. The van der Waals surface area contributed by atoms with Crippen LogP contribution in [0.4, 0.5) is 11.4 Å². The number of hydrogen-bond acceptors (Lipinski definition) is 3.